The van der Waals surface area contributed by atoms with Crippen molar-refractivity contribution < 1.29 is 4.79 Å². The Kier molecular flexibility index (Phi) is 4.04. The summed E-state index contributed by atoms with van der Waals surface area (Å²) in [4.78, 5) is 16.7. The first kappa shape index (κ1) is 13.5. The minimum absolute atomic E-state index is 0.178. The lowest BCUT2D eigenvalue weighted by molar-refractivity contribution is 0.103. The largest absolute Gasteiger partial charge is 0.319 e. The summed E-state index contributed by atoms with van der Waals surface area (Å²) < 4.78 is 0.959. The number of carbonyl (C=O) groups is 1. The SMILES string of the molecule is Cc1cnc(Cl)c(NC(=O)c2cc(C)c(Br)s2)c1. The summed E-state index contributed by atoms with van der Waals surface area (Å²) in [5.41, 5.74) is 2.51. The number of thiophene rings is 1. The van der Waals surface area contributed by atoms with E-state index in [1.165, 1.54) is 11.3 Å². The van der Waals surface area contributed by atoms with E-state index in [4.69, 9.17) is 11.6 Å². The molecule has 0 spiro atoms. The Morgan fingerprint density at radius 2 is 2.17 bits per heavy atom. The lowest BCUT2D eigenvalue weighted by Crippen LogP contribution is -2.11. The number of halogens is 2. The fraction of sp³-hybridized carbons (Fsp3) is 0.167. The van der Waals surface area contributed by atoms with Crippen molar-refractivity contribution in [3.8, 4) is 0 Å². The van der Waals surface area contributed by atoms with Crippen molar-refractivity contribution in [3.05, 3.63) is 43.3 Å². The van der Waals surface area contributed by atoms with Crippen molar-refractivity contribution in [1.82, 2.24) is 4.98 Å². The molecule has 0 saturated heterocycles. The lowest BCUT2D eigenvalue weighted by Gasteiger charge is -2.05. The number of aromatic nitrogens is 1. The van der Waals surface area contributed by atoms with Gasteiger partial charge < -0.3 is 5.32 Å². The average molecular weight is 346 g/mol. The van der Waals surface area contributed by atoms with Crippen molar-refractivity contribution in [2.24, 2.45) is 0 Å². The second kappa shape index (κ2) is 5.38. The van der Waals surface area contributed by atoms with Gasteiger partial charge in [-0.1, -0.05) is 11.6 Å². The molecule has 18 heavy (non-hydrogen) atoms. The fourth-order valence-corrected chi connectivity index (χ4v) is 2.98. The zero-order valence-electron chi connectivity index (χ0n) is 9.75. The predicted octanol–water partition coefficient (Wildman–Crippen LogP) is 4.43. The molecule has 2 heterocycles. The standard InChI is InChI=1S/C12H10BrClN2OS/c1-6-3-8(11(14)15-5-6)16-12(17)9-4-7(2)10(13)18-9/h3-5H,1-2H3,(H,16,17). The van der Waals surface area contributed by atoms with Gasteiger partial charge >= 0.3 is 0 Å². The average Bonchev–Trinajstić information content (AvgIpc) is 2.64. The highest BCUT2D eigenvalue weighted by Gasteiger charge is 2.13. The summed E-state index contributed by atoms with van der Waals surface area (Å²) in [6, 6.07) is 3.63. The molecular weight excluding hydrogens is 336 g/mol. The summed E-state index contributed by atoms with van der Waals surface area (Å²) in [7, 11) is 0. The molecule has 1 amide bonds. The first-order valence-corrected chi connectivity index (χ1v) is 7.15. The van der Waals surface area contributed by atoms with Gasteiger partial charge in [-0.2, -0.15) is 0 Å². The molecule has 2 aromatic rings. The minimum atomic E-state index is -0.178. The maximum Gasteiger partial charge on any atom is 0.265 e. The van der Waals surface area contributed by atoms with Gasteiger partial charge in [0.1, 0.15) is 0 Å². The number of anilines is 1. The van der Waals surface area contributed by atoms with Crippen molar-refractivity contribution in [1.29, 1.82) is 0 Å². The van der Waals surface area contributed by atoms with Crippen LogP contribution in [0.1, 0.15) is 20.8 Å². The molecule has 6 heteroatoms. The van der Waals surface area contributed by atoms with Crippen molar-refractivity contribution >= 4 is 50.5 Å². The van der Waals surface area contributed by atoms with Crippen LogP contribution in [0.15, 0.2) is 22.1 Å². The third-order valence-electron chi connectivity index (χ3n) is 2.30. The Bertz CT molecular complexity index is 593. The van der Waals surface area contributed by atoms with E-state index >= 15 is 0 Å². The Morgan fingerprint density at radius 3 is 2.78 bits per heavy atom. The highest BCUT2D eigenvalue weighted by molar-refractivity contribution is 9.11. The molecule has 0 aliphatic carbocycles. The van der Waals surface area contributed by atoms with Crippen LogP contribution in [0.3, 0.4) is 0 Å². The molecule has 0 saturated carbocycles. The van der Waals surface area contributed by atoms with Gasteiger partial charge in [0.25, 0.3) is 5.91 Å². The monoisotopic (exact) mass is 344 g/mol. The van der Waals surface area contributed by atoms with Gasteiger partial charge in [0, 0.05) is 6.20 Å². The number of rotatable bonds is 2. The molecule has 1 N–H and O–H groups in total. The second-order valence-corrected chi connectivity index (χ2v) is 6.60. The Balaban J connectivity index is 2.23. The van der Waals surface area contributed by atoms with E-state index in [2.05, 4.69) is 26.2 Å². The van der Waals surface area contributed by atoms with Gasteiger partial charge in [-0.3, -0.25) is 4.79 Å². The van der Waals surface area contributed by atoms with Gasteiger partial charge in [-0.05, 0) is 53.0 Å². The summed E-state index contributed by atoms with van der Waals surface area (Å²) in [6.45, 7) is 3.84. The Labute approximate surface area is 122 Å². The van der Waals surface area contributed by atoms with Gasteiger partial charge in [-0.15, -0.1) is 11.3 Å². The van der Waals surface area contributed by atoms with E-state index in [0.717, 1.165) is 14.9 Å². The number of nitrogens with zero attached hydrogens (tertiary/aromatic N) is 1. The molecule has 2 rings (SSSR count). The second-order valence-electron chi connectivity index (χ2n) is 3.87. The van der Waals surface area contributed by atoms with Crippen molar-refractivity contribution in [3.63, 3.8) is 0 Å². The van der Waals surface area contributed by atoms with Crippen LogP contribution in [0.4, 0.5) is 5.69 Å². The first-order valence-electron chi connectivity index (χ1n) is 5.17. The highest BCUT2D eigenvalue weighted by Crippen LogP contribution is 2.28. The summed E-state index contributed by atoms with van der Waals surface area (Å²) in [5, 5.41) is 3.06. The van der Waals surface area contributed by atoms with Gasteiger partial charge in [0.05, 0.1) is 14.4 Å². The van der Waals surface area contributed by atoms with E-state index in [1.807, 2.05) is 19.9 Å². The van der Waals surface area contributed by atoms with E-state index in [1.54, 1.807) is 12.3 Å². The third kappa shape index (κ3) is 2.91. The molecule has 94 valence electrons. The topological polar surface area (TPSA) is 42.0 Å². The van der Waals surface area contributed by atoms with Crippen LogP contribution < -0.4 is 5.32 Å². The summed E-state index contributed by atoms with van der Waals surface area (Å²) in [5.74, 6) is -0.178. The highest BCUT2D eigenvalue weighted by atomic mass is 79.9. The molecule has 0 radical (unpaired) electrons. The van der Waals surface area contributed by atoms with E-state index in [0.29, 0.717) is 15.7 Å². The maximum absolute atomic E-state index is 12.0. The molecule has 0 unspecified atom stereocenters. The van der Waals surface area contributed by atoms with Crippen LogP contribution in [-0.4, -0.2) is 10.9 Å². The molecule has 0 fully saturated rings. The minimum Gasteiger partial charge on any atom is -0.319 e. The number of hydrogen-bond acceptors (Lipinski definition) is 3. The first-order chi connectivity index (χ1) is 8.47. The van der Waals surface area contributed by atoms with E-state index in [9.17, 15) is 4.79 Å². The summed E-state index contributed by atoms with van der Waals surface area (Å²) in [6.07, 6.45) is 1.66. The molecule has 0 bridgehead atoms. The van der Waals surface area contributed by atoms with E-state index in [-0.39, 0.29) is 5.91 Å². The van der Waals surface area contributed by atoms with Gasteiger partial charge in [0.15, 0.2) is 5.15 Å². The van der Waals surface area contributed by atoms with Crippen molar-refractivity contribution in [2.45, 2.75) is 13.8 Å². The Morgan fingerprint density at radius 1 is 1.44 bits per heavy atom. The molecular formula is C12H10BrClN2OS. The van der Waals surface area contributed by atoms with Crippen LogP contribution in [0.25, 0.3) is 0 Å². The zero-order chi connectivity index (χ0) is 13.3. The molecule has 0 aliphatic rings. The number of hydrogen-bond donors (Lipinski definition) is 1. The number of carbonyl (C=O) groups excluding carboxylic acids is 1. The molecule has 2 aromatic heterocycles. The predicted molar refractivity (Wildman–Crippen MR) is 78.7 cm³/mol. The molecule has 3 nitrogen and oxygen atoms in total. The van der Waals surface area contributed by atoms with Crippen LogP contribution in [0.5, 0.6) is 0 Å². The van der Waals surface area contributed by atoms with Gasteiger partial charge in [-0.25, -0.2) is 4.98 Å². The van der Waals surface area contributed by atoms with Crippen LogP contribution in [-0.2, 0) is 0 Å². The quantitative estimate of drug-likeness (QED) is 0.818. The summed E-state index contributed by atoms with van der Waals surface area (Å²) >= 11 is 10.7. The zero-order valence-corrected chi connectivity index (χ0v) is 12.9. The van der Waals surface area contributed by atoms with Crippen molar-refractivity contribution in [2.75, 3.05) is 5.32 Å². The van der Waals surface area contributed by atoms with Crippen LogP contribution in [0.2, 0.25) is 5.15 Å². The van der Waals surface area contributed by atoms with Crippen LogP contribution >= 0.6 is 38.9 Å². The molecule has 0 aromatic carbocycles. The number of aryl methyl sites for hydroxylation is 2. The fourth-order valence-electron chi connectivity index (χ4n) is 1.40. The molecule has 0 atom stereocenters. The number of nitrogens with one attached hydrogen (secondary N) is 1. The lowest BCUT2D eigenvalue weighted by atomic mass is 10.3. The third-order valence-corrected chi connectivity index (χ3v) is 4.74. The van der Waals surface area contributed by atoms with Gasteiger partial charge in [0.2, 0.25) is 0 Å². The number of amides is 1. The smallest absolute Gasteiger partial charge is 0.265 e. The maximum atomic E-state index is 12.0. The normalized spacial score (nSPS) is 10.4. The number of pyridine rings is 1. The molecule has 0 aliphatic heterocycles. The van der Waals surface area contributed by atoms with Crippen LogP contribution in [0, 0.1) is 13.8 Å². The Hall–Kier alpha value is -0.910. The van der Waals surface area contributed by atoms with E-state index < -0.39 is 0 Å².